The highest BCUT2D eigenvalue weighted by Crippen LogP contribution is 2.07. The first-order valence-corrected chi connectivity index (χ1v) is 6.04. The van der Waals surface area contributed by atoms with Crippen LogP contribution in [0.1, 0.15) is 22.6 Å². The van der Waals surface area contributed by atoms with Gasteiger partial charge in [0, 0.05) is 31.9 Å². The molecular weight excluding hydrogens is 248 g/mol. The van der Waals surface area contributed by atoms with E-state index < -0.39 is 5.97 Å². The van der Waals surface area contributed by atoms with Gasteiger partial charge in [0.25, 0.3) is 0 Å². The molecule has 0 aliphatic heterocycles. The van der Waals surface area contributed by atoms with E-state index in [0.717, 1.165) is 13.0 Å². The molecule has 0 atom stereocenters. The van der Waals surface area contributed by atoms with Crippen LogP contribution in [-0.4, -0.2) is 42.2 Å². The number of aromatic nitrogens is 5. The van der Waals surface area contributed by atoms with E-state index in [9.17, 15) is 4.79 Å². The highest BCUT2D eigenvalue weighted by atomic mass is 16.4. The Morgan fingerprint density at radius 3 is 2.89 bits per heavy atom. The number of carbonyl (C=O) groups is 1. The Balaban J connectivity index is 2.01. The molecule has 0 spiro atoms. The molecule has 0 amide bonds. The van der Waals surface area contributed by atoms with Crippen molar-refractivity contribution in [2.45, 2.75) is 25.9 Å². The standard InChI is InChI=1S/C11H16N6O2/c12-3-2-9-10(11(18)19)14-15-17(9)6-1-5-16-7-4-13-8-16/h4,7-8H,1-3,5-6,12H2,(H,18,19). The summed E-state index contributed by atoms with van der Waals surface area (Å²) >= 11 is 0. The van der Waals surface area contributed by atoms with E-state index >= 15 is 0 Å². The Morgan fingerprint density at radius 1 is 1.42 bits per heavy atom. The fourth-order valence-electron chi connectivity index (χ4n) is 1.88. The minimum absolute atomic E-state index is 0.00641. The predicted octanol–water partition coefficient (Wildman–Crippen LogP) is -0.236. The summed E-state index contributed by atoms with van der Waals surface area (Å²) in [7, 11) is 0. The molecule has 0 unspecified atom stereocenters. The third kappa shape index (κ3) is 3.16. The third-order valence-corrected chi connectivity index (χ3v) is 2.77. The monoisotopic (exact) mass is 264 g/mol. The summed E-state index contributed by atoms with van der Waals surface area (Å²) in [6.07, 6.45) is 6.61. The first kappa shape index (κ1) is 13.2. The number of nitrogens with zero attached hydrogens (tertiary/aromatic N) is 5. The molecule has 0 aliphatic rings. The average molecular weight is 264 g/mol. The minimum Gasteiger partial charge on any atom is -0.476 e. The van der Waals surface area contributed by atoms with Crippen LogP contribution in [0.25, 0.3) is 0 Å². The van der Waals surface area contributed by atoms with Crippen molar-refractivity contribution in [2.24, 2.45) is 5.73 Å². The predicted molar refractivity (Wildman–Crippen MR) is 66.6 cm³/mol. The van der Waals surface area contributed by atoms with Gasteiger partial charge in [-0.05, 0) is 13.0 Å². The van der Waals surface area contributed by atoms with Gasteiger partial charge in [0.15, 0.2) is 5.69 Å². The fourth-order valence-corrected chi connectivity index (χ4v) is 1.88. The summed E-state index contributed by atoms with van der Waals surface area (Å²) in [6.45, 7) is 1.77. The summed E-state index contributed by atoms with van der Waals surface area (Å²) in [5.74, 6) is -1.07. The van der Waals surface area contributed by atoms with Gasteiger partial charge in [0.1, 0.15) is 0 Å². The van der Waals surface area contributed by atoms with Crippen LogP contribution in [0.5, 0.6) is 0 Å². The molecule has 0 saturated carbocycles. The smallest absolute Gasteiger partial charge is 0.358 e. The molecular formula is C11H16N6O2. The van der Waals surface area contributed by atoms with E-state index in [1.165, 1.54) is 0 Å². The molecule has 0 aliphatic carbocycles. The molecule has 0 radical (unpaired) electrons. The van der Waals surface area contributed by atoms with Gasteiger partial charge >= 0.3 is 5.97 Å². The van der Waals surface area contributed by atoms with Gasteiger partial charge in [0.05, 0.1) is 12.0 Å². The lowest BCUT2D eigenvalue weighted by Crippen LogP contribution is -2.14. The number of aromatic carboxylic acids is 1. The second kappa shape index (κ2) is 6.10. The van der Waals surface area contributed by atoms with Gasteiger partial charge < -0.3 is 15.4 Å². The molecule has 2 aromatic rings. The molecule has 2 rings (SSSR count). The van der Waals surface area contributed by atoms with Crippen molar-refractivity contribution in [3.63, 3.8) is 0 Å². The summed E-state index contributed by atoms with van der Waals surface area (Å²) < 4.78 is 3.57. The maximum Gasteiger partial charge on any atom is 0.358 e. The Labute approximate surface area is 109 Å². The van der Waals surface area contributed by atoms with Crippen molar-refractivity contribution in [3.8, 4) is 0 Å². The van der Waals surface area contributed by atoms with Crippen LogP contribution in [0.4, 0.5) is 0 Å². The van der Waals surface area contributed by atoms with Crippen LogP contribution in [0.15, 0.2) is 18.7 Å². The number of carboxylic acids is 1. The Bertz CT molecular complexity index is 533. The van der Waals surface area contributed by atoms with Crippen LogP contribution in [-0.2, 0) is 19.5 Å². The van der Waals surface area contributed by atoms with E-state index in [0.29, 0.717) is 25.2 Å². The highest BCUT2D eigenvalue weighted by molar-refractivity contribution is 5.86. The maximum absolute atomic E-state index is 11.0. The summed E-state index contributed by atoms with van der Waals surface area (Å²) in [5, 5.41) is 16.6. The molecule has 2 aromatic heterocycles. The van der Waals surface area contributed by atoms with Gasteiger partial charge in [-0.1, -0.05) is 5.21 Å². The van der Waals surface area contributed by atoms with E-state index in [2.05, 4.69) is 15.3 Å². The van der Waals surface area contributed by atoms with Crippen LogP contribution < -0.4 is 5.73 Å². The van der Waals surface area contributed by atoms with Crippen LogP contribution in [0, 0.1) is 0 Å². The van der Waals surface area contributed by atoms with Gasteiger partial charge in [-0.25, -0.2) is 14.5 Å². The third-order valence-electron chi connectivity index (χ3n) is 2.77. The summed E-state index contributed by atoms with van der Waals surface area (Å²) in [5.41, 5.74) is 6.07. The number of aryl methyl sites for hydroxylation is 2. The summed E-state index contributed by atoms with van der Waals surface area (Å²) in [6, 6.07) is 0. The van der Waals surface area contributed by atoms with Gasteiger partial charge in [-0.15, -0.1) is 5.10 Å². The number of rotatable bonds is 7. The van der Waals surface area contributed by atoms with E-state index in [1.807, 2.05) is 10.8 Å². The minimum atomic E-state index is -1.07. The Kier molecular flexibility index (Phi) is 4.24. The molecule has 102 valence electrons. The molecule has 3 N–H and O–H groups in total. The topological polar surface area (TPSA) is 112 Å². The van der Waals surface area contributed by atoms with Gasteiger partial charge in [0.2, 0.25) is 0 Å². The lowest BCUT2D eigenvalue weighted by molar-refractivity contribution is 0.0689. The van der Waals surface area contributed by atoms with Crippen molar-refractivity contribution >= 4 is 5.97 Å². The largest absolute Gasteiger partial charge is 0.476 e. The second-order valence-corrected chi connectivity index (χ2v) is 4.11. The zero-order valence-corrected chi connectivity index (χ0v) is 10.4. The molecule has 0 saturated heterocycles. The van der Waals surface area contributed by atoms with Gasteiger partial charge in [-0.2, -0.15) is 0 Å². The van der Waals surface area contributed by atoms with Crippen molar-refractivity contribution < 1.29 is 9.90 Å². The lowest BCUT2D eigenvalue weighted by Gasteiger charge is -2.06. The first-order valence-electron chi connectivity index (χ1n) is 6.04. The molecule has 0 aromatic carbocycles. The van der Waals surface area contributed by atoms with E-state index in [-0.39, 0.29) is 5.69 Å². The zero-order valence-electron chi connectivity index (χ0n) is 10.4. The number of nitrogens with two attached hydrogens (primary N) is 1. The zero-order chi connectivity index (χ0) is 13.7. The van der Waals surface area contributed by atoms with Crippen LogP contribution in [0.2, 0.25) is 0 Å². The Morgan fingerprint density at radius 2 is 2.26 bits per heavy atom. The Hall–Kier alpha value is -2.22. The number of hydrogen-bond acceptors (Lipinski definition) is 5. The normalized spacial score (nSPS) is 10.8. The molecule has 8 nitrogen and oxygen atoms in total. The fraction of sp³-hybridized carbons (Fsp3) is 0.455. The van der Waals surface area contributed by atoms with Crippen molar-refractivity contribution in [2.75, 3.05) is 6.54 Å². The lowest BCUT2D eigenvalue weighted by atomic mass is 10.2. The molecule has 19 heavy (non-hydrogen) atoms. The van der Waals surface area contributed by atoms with Crippen LogP contribution >= 0.6 is 0 Å². The van der Waals surface area contributed by atoms with Crippen molar-refractivity contribution in [1.82, 2.24) is 24.5 Å². The SMILES string of the molecule is NCCc1c(C(=O)O)nnn1CCCn1ccnc1. The first-order chi connectivity index (χ1) is 9.22. The highest BCUT2D eigenvalue weighted by Gasteiger charge is 2.17. The number of hydrogen-bond donors (Lipinski definition) is 2. The average Bonchev–Trinajstić information content (AvgIpc) is 3.00. The quantitative estimate of drug-likeness (QED) is 0.714. The van der Waals surface area contributed by atoms with E-state index in [4.69, 9.17) is 10.8 Å². The maximum atomic E-state index is 11.0. The molecule has 8 heteroatoms. The van der Waals surface area contributed by atoms with Crippen molar-refractivity contribution in [1.29, 1.82) is 0 Å². The van der Waals surface area contributed by atoms with E-state index in [1.54, 1.807) is 17.2 Å². The number of carboxylic acid groups (broad SMARTS) is 1. The number of imidazole rings is 1. The van der Waals surface area contributed by atoms with Gasteiger partial charge in [-0.3, -0.25) is 0 Å². The van der Waals surface area contributed by atoms with Crippen LogP contribution in [0.3, 0.4) is 0 Å². The molecule has 2 heterocycles. The summed E-state index contributed by atoms with van der Waals surface area (Å²) in [4.78, 5) is 15.0. The molecule has 0 fully saturated rings. The second-order valence-electron chi connectivity index (χ2n) is 4.11. The van der Waals surface area contributed by atoms with Crippen molar-refractivity contribution in [3.05, 3.63) is 30.1 Å². The molecule has 0 bridgehead atoms.